The van der Waals surface area contributed by atoms with Crippen LogP contribution in [0.25, 0.3) is 0 Å². The molecular formula is C12H17N3O5. The number of hydrogen-bond donors (Lipinski definition) is 1. The average molecular weight is 283 g/mol. The number of hydrogen-bond acceptors (Lipinski definition) is 6. The van der Waals surface area contributed by atoms with Crippen molar-refractivity contribution in [2.75, 3.05) is 26.4 Å². The van der Waals surface area contributed by atoms with Crippen LogP contribution >= 0.6 is 0 Å². The fraction of sp³-hybridized carbons (Fsp3) is 0.750. The van der Waals surface area contributed by atoms with E-state index in [2.05, 4.69) is 5.10 Å². The second-order valence-electron chi connectivity index (χ2n) is 5.22. The van der Waals surface area contributed by atoms with Crippen molar-refractivity contribution in [1.29, 1.82) is 0 Å². The van der Waals surface area contributed by atoms with Gasteiger partial charge in [-0.3, -0.25) is 14.8 Å². The third kappa shape index (κ3) is 2.04. The molecule has 1 N–H and O–H groups in total. The molecule has 2 atom stereocenters. The second kappa shape index (κ2) is 5.02. The highest BCUT2D eigenvalue weighted by Crippen LogP contribution is 2.55. The standard InChI is InChI=1S/C12H17N3O5/c1-7-10(15(17)18)12(20-4-2-3-16)13-14(7)11-8-5-19-6-9(8)11/h8-9,11,16H,2-6H2,1H3. The lowest BCUT2D eigenvalue weighted by Gasteiger charge is -2.05. The van der Waals surface area contributed by atoms with E-state index in [4.69, 9.17) is 14.6 Å². The summed E-state index contributed by atoms with van der Waals surface area (Å²) in [5, 5.41) is 24.2. The van der Waals surface area contributed by atoms with Gasteiger partial charge in [0.15, 0.2) is 0 Å². The number of ether oxygens (including phenoxy) is 2. The zero-order valence-electron chi connectivity index (χ0n) is 11.2. The van der Waals surface area contributed by atoms with E-state index >= 15 is 0 Å². The van der Waals surface area contributed by atoms with Gasteiger partial charge < -0.3 is 14.6 Å². The van der Waals surface area contributed by atoms with Gasteiger partial charge >= 0.3 is 11.6 Å². The fourth-order valence-electron chi connectivity index (χ4n) is 2.89. The molecule has 8 heteroatoms. The number of nitrogens with zero attached hydrogens (tertiary/aromatic N) is 3. The van der Waals surface area contributed by atoms with Gasteiger partial charge in [-0.2, -0.15) is 0 Å². The normalized spacial score (nSPS) is 27.4. The molecule has 0 bridgehead atoms. The molecule has 8 nitrogen and oxygen atoms in total. The zero-order chi connectivity index (χ0) is 14.3. The Kier molecular flexibility index (Phi) is 3.35. The van der Waals surface area contributed by atoms with E-state index in [1.807, 2.05) is 0 Å². The molecular weight excluding hydrogens is 266 g/mol. The third-order valence-electron chi connectivity index (χ3n) is 4.00. The molecule has 1 aromatic rings. The highest BCUT2D eigenvalue weighted by atomic mass is 16.6. The molecule has 2 unspecified atom stereocenters. The van der Waals surface area contributed by atoms with Crippen LogP contribution in [-0.4, -0.2) is 46.2 Å². The van der Waals surface area contributed by atoms with Crippen LogP contribution in [0.4, 0.5) is 5.69 Å². The van der Waals surface area contributed by atoms with Crippen LogP contribution in [0.2, 0.25) is 0 Å². The summed E-state index contributed by atoms with van der Waals surface area (Å²) in [4.78, 5) is 10.7. The Balaban J connectivity index is 1.84. The summed E-state index contributed by atoms with van der Waals surface area (Å²) in [7, 11) is 0. The predicted octanol–water partition coefficient (Wildman–Crippen LogP) is 0.678. The molecule has 1 saturated heterocycles. The van der Waals surface area contributed by atoms with Gasteiger partial charge in [-0.15, -0.1) is 5.10 Å². The number of aromatic nitrogens is 2. The Morgan fingerprint density at radius 3 is 2.85 bits per heavy atom. The Morgan fingerprint density at radius 1 is 1.55 bits per heavy atom. The number of aliphatic hydroxyl groups excluding tert-OH is 1. The molecule has 0 spiro atoms. The van der Waals surface area contributed by atoms with E-state index in [9.17, 15) is 10.1 Å². The maximum absolute atomic E-state index is 11.2. The van der Waals surface area contributed by atoms with E-state index in [0.717, 1.165) is 0 Å². The quantitative estimate of drug-likeness (QED) is 0.468. The van der Waals surface area contributed by atoms with E-state index in [0.29, 0.717) is 37.2 Å². The highest BCUT2D eigenvalue weighted by molar-refractivity contribution is 5.46. The smallest absolute Gasteiger partial charge is 0.352 e. The maximum atomic E-state index is 11.2. The lowest BCUT2D eigenvalue weighted by molar-refractivity contribution is -0.386. The van der Waals surface area contributed by atoms with Crippen LogP contribution in [0.5, 0.6) is 5.88 Å². The van der Waals surface area contributed by atoms with Crippen molar-refractivity contribution in [2.45, 2.75) is 19.4 Å². The van der Waals surface area contributed by atoms with Crippen LogP contribution in [0.1, 0.15) is 18.2 Å². The largest absolute Gasteiger partial charge is 0.472 e. The van der Waals surface area contributed by atoms with Gasteiger partial charge in [0.1, 0.15) is 5.69 Å². The zero-order valence-corrected chi connectivity index (χ0v) is 11.2. The fourth-order valence-corrected chi connectivity index (χ4v) is 2.89. The Bertz CT molecular complexity index is 519. The SMILES string of the molecule is Cc1c([N+](=O)[O-])c(OCCCO)nn1C1C2COCC21. The van der Waals surface area contributed by atoms with Crippen LogP contribution in [0.15, 0.2) is 0 Å². The van der Waals surface area contributed by atoms with Crippen molar-refractivity contribution in [1.82, 2.24) is 9.78 Å². The minimum absolute atomic E-state index is 0.0163. The van der Waals surface area contributed by atoms with Gasteiger partial charge in [0.2, 0.25) is 0 Å². The van der Waals surface area contributed by atoms with Gasteiger partial charge in [0.05, 0.1) is 30.8 Å². The summed E-state index contributed by atoms with van der Waals surface area (Å²) in [6.45, 7) is 3.29. The number of fused-ring (bicyclic) bond motifs is 1. The topological polar surface area (TPSA) is 99.7 Å². The number of nitro groups is 1. The monoisotopic (exact) mass is 283 g/mol. The molecule has 1 saturated carbocycles. The Hall–Kier alpha value is -1.67. The van der Waals surface area contributed by atoms with Crippen molar-refractivity contribution in [2.24, 2.45) is 11.8 Å². The van der Waals surface area contributed by atoms with Crippen molar-refractivity contribution in [3.63, 3.8) is 0 Å². The summed E-state index contributed by atoms with van der Waals surface area (Å²) in [6.07, 6.45) is 0.422. The van der Waals surface area contributed by atoms with Crippen LogP contribution in [0.3, 0.4) is 0 Å². The first-order valence-electron chi connectivity index (χ1n) is 6.70. The number of aliphatic hydroxyl groups is 1. The molecule has 0 radical (unpaired) electrons. The lowest BCUT2D eigenvalue weighted by atomic mass is 10.3. The van der Waals surface area contributed by atoms with Crippen molar-refractivity contribution in [3.05, 3.63) is 15.8 Å². The first kappa shape index (κ1) is 13.3. The second-order valence-corrected chi connectivity index (χ2v) is 5.22. The van der Waals surface area contributed by atoms with Crippen LogP contribution in [-0.2, 0) is 4.74 Å². The molecule has 0 amide bonds. The molecule has 1 aliphatic carbocycles. The third-order valence-corrected chi connectivity index (χ3v) is 4.00. The molecule has 1 aromatic heterocycles. The van der Waals surface area contributed by atoms with E-state index < -0.39 is 4.92 Å². The summed E-state index contributed by atoms with van der Waals surface area (Å²) < 4.78 is 12.4. The van der Waals surface area contributed by atoms with Crippen molar-refractivity contribution < 1.29 is 19.5 Å². The van der Waals surface area contributed by atoms with Crippen LogP contribution < -0.4 is 4.74 Å². The summed E-state index contributed by atoms with van der Waals surface area (Å²) >= 11 is 0. The van der Waals surface area contributed by atoms with E-state index in [1.165, 1.54) is 0 Å². The van der Waals surface area contributed by atoms with Gasteiger partial charge in [0.25, 0.3) is 0 Å². The number of rotatable bonds is 6. The molecule has 0 aromatic carbocycles. The van der Waals surface area contributed by atoms with Crippen LogP contribution in [0, 0.1) is 28.9 Å². The summed E-state index contributed by atoms with van der Waals surface area (Å²) in [6, 6.07) is 0.192. The van der Waals surface area contributed by atoms with Crippen molar-refractivity contribution in [3.8, 4) is 5.88 Å². The molecule has 3 rings (SSSR count). The predicted molar refractivity (Wildman–Crippen MR) is 67.7 cm³/mol. The molecule has 1 aliphatic heterocycles. The summed E-state index contributed by atoms with van der Waals surface area (Å²) in [5.41, 5.74) is 0.447. The molecule has 110 valence electrons. The molecule has 20 heavy (non-hydrogen) atoms. The Morgan fingerprint density at radius 2 is 2.25 bits per heavy atom. The van der Waals surface area contributed by atoms with Gasteiger partial charge in [-0.05, 0) is 6.92 Å². The van der Waals surface area contributed by atoms with Crippen molar-refractivity contribution >= 4 is 5.69 Å². The minimum Gasteiger partial charge on any atom is -0.472 e. The Labute approximate surface area is 115 Å². The average Bonchev–Trinajstić information content (AvgIpc) is 2.76. The van der Waals surface area contributed by atoms with E-state index in [1.54, 1.807) is 11.6 Å². The first-order chi connectivity index (χ1) is 9.65. The lowest BCUT2D eigenvalue weighted by Crippen LogP contribution is -2.08. The molecule has 2 heterocycles. The van der Waals surface area contributed by atoms with Gasteiger partial charge in [0, 0.05) is 24.9 Å². The van der Waals surface area contributed by atoms with Gasteiger partial charge in [-0.25, -0.2) is 0 Å². The highest BCUT2D eigenvalue weighted by Gasteiger charge is 2.57. The maximum Gasteiger partial charge on any atom is 0.352 e. The van der Waals surface area contributed by atoms with Gasteiger partial charge in [-0.1, -0.05) is 0 Å². The molecule has 2 aliphatic rings. The molecule has 2 fully saturated rings. The minimum atomic E-state index is -0.457. The summed E-state index contributed by atoms with van der Waals surface area (Å²) in [5.74, 6) is 0.879. The van der Waals surface area contributed by atoms with E-state index in [-0.39, 0.29) is 30.8 Å². The first-order valence-corrected chi connectivity index (χ1v) is 6.70.